The third-order valence-corrected chi connectivity index (χ3v) is 5.54. The average molecular weight is 454 g/mol. The number of carbonyl (C=O) groups is 1. The standard InChI is InChI=1S/C24H24F2N4O3/c1-14-11-29(13-28-14)19-6-5-17(9-20(19)32-4)10-21-24(31)30(12-15(2)33-21)16(3)18-7-8-27-23(26)22(18)25/h5-11,13,15-16H,12H2,1-4H3/t15?,16-/m0/s1. The van der Waals surface area contributed by atoms with Crippen molar-refractivity contribution in [1.82, 2.24) is 19.4 Å². The molecule has 2 atom stereocenters. The molecule has 0 aliphatic carbocycles. The quantitative estimate of drug-likeness (QED) is 0.427. The molecule has 1 unspecified atom stereocenters. The summed E-state index contributed by atoms with van der Waals surface area (Å²) in [5, 5.41) is 0. The highest BCUT2D eigenvalue weighted by Gasteiger charge is 2.34. The van der Waals surface area contributed by atoms with Crippen LogP contribution in [0.1, 0.15) is 36.7 Å². The van der Waals surface area contributed by atoms with Gasteiger partial charge >= 0.3 is 0 Å². The number of aromatic nitrogens is 3. The number of methoxy groups -OCH3 is 1. The van der Waals surface area contributed by atoms with E-state index in [1.54, 1.807) is 32.5 Å². The molecule has 4 rings (SSSR count). The second-order valence-electron chi connectivity index (χ2n) is 7.93. The van der Waals surface area contributed by atoms with Crippen LogP contribution in [0.3, 0.4) is 0 Å². The summed E-state index contributed by atoms with van der Waals surface area (Å²) in [5.74, 6) is -1.95. The van der Waals surface area contributed by atoms with Gasteiger partial charge in [0.05, 0.1) is 37.4 Å². The summed E-state index contributed by atoms with van der Waals surface area (Å²) in [6.07, 6.45) is 6.05. The van der Waals surface area contributed by atoms with Crippen LogP contribution in [0.4, 0.5) is 8.78 Å². The number of nitrogens with zero attached hydrogens (tertiary/aromatic N) is 4. The van der Waals surface area contributed by atoms with E-state index in [1.165, 1.54) is 17.2 Å². The molecule has 0 saturated carbocycles. The lowest BCUT2D eigenvalue weighted by atomic mass is 10.1. The number of morpholine rings is 1. The van der Waals surface area contributed by atoms with Crippen molar-refractivity contribution < 1.29 is 23.0 Å². The molecule has 172 valence electrons. The zero-order valence-electron chi connectivity index (χ0n) is 18.8. The minimum atomic E-state index is -1.19. The van der Waals surface area contributed by atoms with Gasteiger partial charge in [0.25, 0.3) is 5.91 Å². The molecule has 1 saturated heterocycles. The third kappa shape index (κ3) is 4.44. The lowest BCUT2D eigenvalue weighted by Gasteiger charge is -2.37. The van der Waals surface area contributed by atoms with Crippen molar-refractivity contribution in [3.8, 4) is 11.4 Å². The molecule has 1 fully saturated rings. The van der Waals surface area contributed by atoms with E-state index in [4.69, 9.17) is 9.47 Å². The summed E-state index contributed by atoms with van der Waals surface area (Å²) in [6.45, 7) is 5.60. The number of hydrogen-bond donors (Lipinski definition) is 0. The van der Waals surface area contributed by atoms with Crippen LogP contribution in [0, 0.1) is 18.7 Å². The van der Waals surface area contributed by atoms with E-state index >= 15 is 0 Å². The monoisotopic (exact) mass is 454 g/mol. The van der Waals surface area contributed by atoms with Crippen LogP contribution in [0.25, 0.3) is 11.8 Å². The minimum Gasteiger partial charge on any atom is -0.495 e. The van der Waals surface area contributed by atoms with Crippen molar-refractivity contribution in [3.63, 3.8) is 0 Å². The highest BCUT2D eigenvalue weighted by atomic mass is 19.2. The number of rotatable bonds is 5. The summed E-state index contributed by atoms with van der Waals surface area (Å²) < 4.78 is 41.1. The molecule has 0 spiro atoms. The average Bonchev–Trinajstić information content (AvgIpc) is 3.23. The number of ether oxygens (including phenoxy) is 2. The smallest absolute Gasteiger partial charge is 0.289 e. The van der Waals surface area contributed by atoms with Gasteiger partial charge in [0.2, 0.25) is 5.95 Å². The van der Waals surface area contributed by atoms with Crippen LogP contribution in [0.5, 0.6) is 5.75 Å². The van der Waals surface area contributed by atoms with E-state index in [2.05, 4.69) is 9.97 Å². The Morgan fingerprint density at radius 1 is 1.27 bits per heavy atom. The Morgan fingerprint density at radius 2 is 2.06 bits per heavy atom. The van der Waals surface area contributed by atoms with Crippen LogP contribution in [-0.2, 0) is 9.53 Å². The van der Waals surface area contributed by atoms with Gasteiger partial charge in [-0.1, -0.05) is 6.07 Å². The Bertz CT molecular complexity index is 1220. The largest absolute Gasteiger partial charge is 0.495 e. The molecule has 0 N–H and O–H groups in total. The van der Waals surface area contributed by atoms with Gasteiger partial charge in [0.1, 0.15) is 11.9 Å². The zero-order valence-corrected chi connectivity index (χ0v) is 18.8. The number of amides is 1. The first-order valence-electron chi connectivity index (χ1n) is 10.5. The first-order valence-corrected chi connectivity index (χ1v) is 10.5. The van der Waals surface area contributed by atoms with Gasteiger partial charge in [-0.15, -0.1) is 0 Å². The number of pyridine rings is 1. The van der Waals surface area contributed by atoms with Crippen LogP contribution >= 0.6 is 0 Å². The van der Waals surface area contributed by atoms with E-state index in [0.29, 0.717) is 11.3 Å². The molecule has 3 aromatic rings. The van der Waals surface area contributed by atoms with Crippen molar-refractivity contribution in [2.24, 2.45) is 0 Å². The van der Waals surface area contributed by atoms with Gasteiger partial charge in [0, 0.05) is 18.0 Å². The van der Waals surface area contributed by atoms with Gasteiger partial charge in [-0.25, -0.2) is 14.4 Å². The highest BCUT2D eigenvalue weighted by molar-refractivity contribution is 5.96. The number of benzene rings is 1. The second-order valence-corrected chi connectivity index (χ2v) is 7.93. The van der Waals surface area contributed by atoms with Gasteiger partial charge < -0.3 is 18.9 Å². The maximum absolute atomic E-state index is 14.3. The fraction of sp³-hybridized carbons (Fsp3) is 0.292. The molecule has 0 bridgehead atoms. The van der Waals surface area contributed by atoms with Crippen molar-refractivity contribution in [3.05, 3.63) is 77.3 Å². The molecule has 33 heavy (non-hydrogen) atoms. The van der Waals surface area contributed by atoms with E-state index in [-0.39, 0.29) is 24.0 Å². The summed E-state index contributed by atoms with van der Waals surface area (Å²) in [5.41, 5.74) is 2.43. The molecule has 1 aliphatic heterocycles. The highest BCUT2D eigenvalue weighted by Crippen LogP contribution is 2.31. The Labute approximate surface area is 190 Å². The fourth-order valence-corrected chi connectivity index (χ4v) is 3.86. The third-order valence-electron chi connectivity index (χ3n) is 5.54. The Hall–Kier alpha value is -3.75. The molecule has 7 nitrogen and oxygen atoms in total. The van der Waals surface area contributed by atoms with Crippen molar-refractivity contribution in [2.75, 3.05) is 13.7 Å². The number of carbonyl (C=O) groups excluding carboxylic acids is 1. The van der Waals surface area contributed by atoms with Crippen molar-refractivity contribution >= 4 is 12.0 Å². The Morgan fingerprint density at radius 3 is 2.76 bits per heavy atom. The zero-order chi connectivity index (χ0) is 23.7. The molecular weight excluding hydrogens is 430 g/mol. The van der Waals surface area contributed by atoms with Gasteiger partial charge in [-0.3, -0.25) is 4.79 Å². The van der Waals surface area contributed by atoms with Gasteiger partial charge in [-0.2, -0.15) is 4.39 Å². The van der Waals surface area contributed by atoms with Crippen LogP contribution in [-0.4, -0.2) is 45.1 Å². The van der Waals surface area contributed by atoms with E-state index < -0.39 is 23.7 Å². The SMILES string of the molecule is COc1cc(C=C2OC(C)CN([C@@H](C)c3ccnc(F)c3F)C2=O)ccc1-n1cnc(C)c1. The van der Waals surface area contributed by atoms with E-state index in [0.717, 1.165) is 11.4 Å². The van der Waals surface area contributed by atoms with Crippen LogP contribution in [0.15, 0.2) is 48.7 Å². The first-order chi connectivity index (χ1) is 15.8. The fourth-order valence-electron chi connectivity index (χ4n) is 3.86. The molecule has 1 aromatic carbocycles. The number of aryl methyl sites for hydroxylation is 1. The molecule has 9 heteroatoms. The maximum atomic E-state index is 14.3. The van der Waals surface area contributed by atoms with Gasteiger partial charge in [-0.05, 0) is 50.6 Å². The Kier molecular flexibility index (Phi) is 6.13. The predicted octanol–water partition coefficient (Wildman–Crippen LogP) is 4.21. The number of halogens is 2. The maximum Gasteiger partial charge on any atom is 0.289 e. The summed E-state index contributed by atoms with van der Waals surface area (Å²) in [6, 6.07) is 6.16. The van der Waals surface area contributed by atoms with Crippen molar-refractivity contribution in [1.29, 1.82) is 0 Å². The minimum absolute atomic E-state index is 0.0611. The van der Waals surface area contributed by atoms with E-state index in [9.17, 15) is 13.6 Å². The molecule has 1 aliphatic rings. The van der Waals surface area contributed by atoms with E-state index in [1.807, 2.05) is 36.7 Å². The lowest BCUT2D eigenvalue weighted by molar-refractivity contribution is -0.141. The Balaban J connectivity index is 1.65. The van der Waals surface area contributed by atoms with Gasteiger partial charge in [0.15, 0.2) is 11.6 Å². The molecule has 0 radical (unpaired) electrons. The van der Waals surface area contributed by atoms with Crippen LogP contribution < -0.4 is 4.74 Å². The summed E-state index contributed by atoms with van der Waals surface area (Å²) in [7, 11) is 1.57. The van der Waals surface area contributed by atoms with Crippen LogP contribution in [0.2, 0.25) is 0 Å². The summed E-state index contributed by atoms with van der Waals surface area (Å²) in [4.78, 5) is 22.2. The van der Waals surface area contributed by atoms with Crippen molar-refractivity contribution in [2.45, 2.75) is 32.9 Å². The second kappa shape index (κ2) is 9.01. The number of imidazole rings is 1. The molecular formula is C24H24F2N4O3. The predicted molar refractivity (Wildman–Crippen MR) is 118 cm³/mol. The topological polar surface area (TPSA) is 69.5 Å². The molecule has 1 amide bonds. The summed E-state index contributed by atoms with van der Waals surface area (Å²) >= 11 is 0. The normalized spacial score (nSPS) is 18.4. The number of hydrogen-bond acceptors (Lipinski definition) is 5. The lowest BCUT2D eigenvalue weighted by Crippen LogP contribution is -2.45. The first kappa shape index (κ1) is 22.4. The molecule has 3 heterocycles. The molecule has 2 aromatic heterocycles.